The number of aromatic nitrogens is 4. The maximum Gasteiger partial charge on any atom is 0.269 e. The van der Waals surface area contributed by atoms with Crippen molar-refractivity contribution in [2.45, 2.75) is 0 Å². The van der Waals surface area contributed by atoms with E-state index < -0.39 is 5.56 Å². The Morgan fingerprint density at radius 2 is 2.24 bits per heavy atom. The molecule has 2 aromatic heterocycles. The molecule has 7 nitrogen and oxygen atoms in total. The van der Waals surface area contributed by atoms with Gasteiger partial charge in [-0.05, 0) is 6.07 Å². The summed E-state index contributed by atoms with van der Waals surface area (Å²) in [4.78, 5) is 17.7. The summed E-state index contributed by atoms with van der Waals surface area (Å²) in [6, 6.07) is 4.93. The fourth-order valence-corrected chi connectivity index (χ4v) is 1.16. The van der Waals surface area contributed by atoms with Gasteiger partial charge >= 0.3 is 0 Å². The predicted molar refractivity (Wildman–Crippen MR) is 57.2 cm³/mol. The van der Waals surface area contributed by atoms with Gasteiger partial charge in [0, 0.05) is 6.07 Å². The maximum absolute atomic E-state index is 11.4. The molecule has 1 N–H and O–H groups in total. The van der Waals surface area contributed by atoms with E-state index in [0.717, 1.165) is 0 Å². The van der Waals surface area contributed by atoms with E-state index in [9.17, 15) is 4.79 Å². The van der Waals surface area contributed by atoms with Gasteiger partial charge in [-0.25, -0.2) is 4.98 Å². The molecule has 0 unspecified atom stereocenters. The zero-order valence-electron chi connectivity index (χ0n) is 8.84. The lowest BCUT2D eigenvalue weighted by atomic mass is 10.3. The fourth-order valence-electron chi connectivity index (χ4n) is 1.16. The molecule has 0 fully saturated rings. The molecule has 0 aliphatic heterocycles. The zero-order valence-corrected chi connectivity index (χ0v) is 8.84. The van der Waals surface area contributed by atoms with E-state index in [1.807, 2.05) is 0 Å². The van der Waals surface area contributed by atoms with Crippen LogP contribution in [0.2, 0.25) is 0 Å². The molecule has 0 saturated carbocycles. The minimum absolute atomic E-state index is 0.0461. The third-order valence-electron chi connectivity index (χ3n) is 2.01. The number of hydrogen-bond donors (Lipinski definition) is 1. The van der Waals surface area contributed by atoms with Gasteiger partial charge in [-0.3, -0.25) is 4.79 Å². The molecule has 7 heteroatoms. The van der Waals surface area contributed by atoms with Crippen LogP contribution in [0.3, 0.4) is 0 Å². The van der Waals surface area contributed by atoms with Gasteiger partial charge in [-0.1, -0.05) is 0 Å². The van der Waals surface area contributed by atoms with Gasteiger partial charge in [0.1, 0.15) is 17.3 Å². The molecule has 0 atom stereocenters. The molecule has 0 aliphatic rings. The number of hydrogen-bond acceptors (Lipinski definition) is 6. The number of nitrogens with one attached hydrogen (secondary N) is 1. The summed E-state index contributed by atoms with van der Waals surface area (Å²) < 4.78 is 4.86. The van der Waals surface area contributed by atoms with Crippen LogP contribution in [0.15, 0.2) is 23.1 Å². The van der Waals surface area contributed by atoms with Crippen molar-refractivity contribution in [2.24, 2.45) is 0 Å². The Morgan fingerprint density at radius 3 is 2.76 bits per heavy atom. The second-order valence-electron chi connectivity index (χ2n) is 3.05. The Labute approximate surface area is 95.7 Å². The summed E-state index contributed by atoms with van der Waals surface area (Å²) in [5.41, 5.74) is -0.155. The highest BCUT2D eigenvalue weighted by molar-refractivity contribution is 5.48. The lowest BCUT2D eigenvalue weighted by molar-refractivity contribution is 0.392. The van der Waals surface area contributed by atoms with E-state index in [2.05, 4.69) is 20.2 Å². The average molecular weight is 229 g/mol. The van der Waals surface area contributed by atoms with Gasteiger partial charge in [0.2, 0.25) is 5.88 Å². The summed E-state index contributed by atoms with van der Waals surface area (Å²) >= 11 is 0. The highest BCUT2D eigenvalue weighted by atomic mass is 16.5. The monoisotopic (exact) mass is 229 g/mol. The van der Waals surface area contributed by atoms with Gasteiger partial charge in [0.05, 0.1) is 13.3 Å². The van der Waals surface area contributed by atoms with Crippen molar-refractivity contribution in [2.75, 3.05) is 7.11 Å². The largest absolute Gasteiger partial charge is 0.480 e. The number of nitriles is 1. The van der Waals surface area contributed by atoms with Crippen LogP contribution in [0, 0.1) is 11.3 Å². The molecular weight excluding hydrogens is 222 g/mol. The smallest absolute Gasteiger partial charge is 0.269 e. The van der Waals surface area contributed by atoms with Gasteiger partial charge in [0.25, 0.3) is 5.56 Å². The molecule has 0 aromatic carbocycles. The number of nitrogens with zero attached hydrogens (tertiary/aromatic N) is 4. The van der Waals surface area contributed by atoms with E-state index in [1.54, 1.807) is 18.2 Å². The summed E-state index contributed by atoms with van der Waals surface area (Å²) in [5.74, 6) is 0.619. The van der Waals surface area contributed by atoms with Crippen molar-refractivity contribution < 1.29 is 4.74 Å². The number of ether oxygens (including phenoxy) is 1. The van der Waals surface area contributed by atoms with Crippen LogP contribution in [-0.4, -0.2) is 27.3 Å². The third-order valence-corrected chi connectivity index (χ3v) is 2.01. The van der Waals surface area contributed by atoms with Crippen molar-refractivity contribution in [3.63, 3.8) is 0 Å². The number of H-pyrrole nitrogens is 1. The Morgan fingerprint density at radius 1 is 1.41 bits per heavy atom. The van der Waals surface area contributed by atoms with Crippen molar-refractivity contribution in [1.29, 1.82) is 5.26 Å². The van der Waals surface area contributed by atoms with Crippen LogP contribution in [0.4, 0.5) is 0 Å². The first kappa shape index (κ1) is 10.8. The number of aromatic amines is 1. The number of rotatable bonds is 2. The standard InChI is InChI=1S/C10H7N5O2/c1-17-8-3-2-7(14-15-8)9-12-5-6(4-11)10(16)13-9/h2-3,5H,1H3,(H,12,13,16). The third kappa shape index (κ3) is 2.10. The molecule has 0 aliphatic carbocycles. The van der Waals surface area contributed by atoms with Crippen LogP contribution in [0.25, 0.3) is 11.5 Å². The van der Waals surface area contributed by atoms with Crippen LogP contribution in [0.1, 0.15) is 5.56 Å². The SMILES string of the molecule is COc1ccc(-c2ncc(C#N)c(=O)[nH]2)nn1. The molecule has 84 valence electrons. The van der Waals surface area contributed by atoms with Crippen molar-refractivity contribution in [3.05, 3.63) is 34.2 Å². The van der Waals surface area contributed by atoms with Gasteiger partial charge in [-0.2, -0.15) is 5.26 Å². The van der Waals surface area contributed by atoms with Gasteiger partial charge in [0.15, 0.2) is 5.82 Å². The molecule has 0 spiro atoms. The Bertz CT molecular complexity index is 626. The molecule has 2 aromatic rings. The second-order valence-corrected chi connectivity index (χ2v) is 3.05. The Hall–Kier alpha value is -2.75. The summed E-state index contributed by atoms with van der Waals surface area (Å²) in [6.45, 7) is 0. The van der Waals surface area contributed by atoms with E-state index >= 15 is 0 Å². The van der Waals surface area contributed by atoms with Crippen LogP contribution < -0.4 is 10.3 Å². The fraction of sp³-hybridized carbons (Fsp3) is 0.100. The predicted octanol–water partition coefficient (Wildman–Crippen LogP) is 0.107. The van der Waals surface area contributed by atoms with Crippen molar-refractivity contribution in [3.8, 4) is 23.5 Å². The lowest BCUT2D eigenvalue weighted by Crippen LogP contribution is -2.12. The van der Waals surface area contributed by atoms with E-state index in [4.69, 9.17) is 10.00 Å². The number of methoxy groups -OCH3 is 1. The Balaban J connectivity index is 2.43. The maximum atomic E-state index is 11.4. The van der Waals surface area contributed by atoms with Gasteiger partial charge in [-0.15, -0.1) is 10.2 Å². The first-order chi connectivity index (χ1) is 8.24. The van der Waals surface area contributed by atoms with Crippen molar-refractivity contribution in [1.82, 2.24) is 20.2 Å². The molecule has 0 bridgehead atoms. The normalized spacial score (nSPS) is 9.65. The van der Waals surface area contributed by atoms with E-state index in [0.29, 0.717) is 11.6 Å². The van der Waals surface area contributed by atoms with E-state index in [-0.39, 0.29) is 11.4 Å². The first-order valence-corrected chi connectivity index (χ1v) is 4.62. The average Bonchev–Trinajstić information content (AvgIpc) is 2.39. The molecule has 0 radical (unpaired) electrons. The van der Waals surface area contributed by atoms with E-state index in [1.165, 1.54) is 13.3 Å². The summed E-state index contributed by atoms with van der Waals surface area (Å²) in [5, 5.41) is 16.2. The minimum atomic E-state index is -0.505. The Kier molecular flexibility index (Phi) is 2.79. The minimum Gasteiger partial charge on any atom is -0.480 e. The highest BCUT2D eigenvalue weighted by Crippen LogP contribution is 2.11. The van der Waals surface area contributed by atoms with Crippen molar-refractivity contribution >= 4 is 0 Å². The molecule has 2 rings (SSSR count). The van der Waals surface area contributed by atoms with Gasteiger partial charge < -0.3 is 9.72 Å². The zero-order chi connectivity index (χ0) is 12.3. The topological polar surface area (TPSA) is 105 Å². The summed E-state index contributed by atoms with van der Waals surface area (Å²) in [6.07, 6.45) is 1.19. The quantitative estimate of drug-likeness (QED) is 0.783. The van der Waals surface area contributed by atoms with Crippen LogP contribution in [-0.2, 0) is 0 Å². The highest BCUT2D eigenvalue weighted by Gasteiger charge is 2.06. The molecule has 2 heterocycles. The lowest BCUT2D eigenvalue weighted by Gasteiger charge is -2.00. The van der Waals surface area contributed by atoms with Crippen LogP contribution >= 0.6 is 0 Å². The van der Waals surface area contributed by atoms with Crippen LogP contribution in [0.5, 0.6) is 5.88 Å². The molecule has 0 amide bonds. The first-order valence-electron chi connectivity index (χ1n) is 4.62. The summed E-state index contributed by atoms with van der Waals surface area (Å²) in [7, 11) is 1.48. The molecule has 0 saturated heterocycles. The molecule has 17 heavy (non-hydrogen) atoms. The second kappa shape index (κ2) is 4.40. The molecular formula is C10H7N5O2.